The molecule has 2 rings (SSSR count). The summed E-state index contributed by atoms with van der Waals surface area (Å²) in [7, 11) is 0. The number of carbonyl (C=O) groups excluding carboxylic acids is 1. The first-order valence-electron chi connectivity index (χ1n) is 8.29. The molecule has 0 aliphatic rings. The van der Waals surface area contributed by atoms with Gasteiger partial charge < -0.3 is 10.6 Å². The second-order valence-electron chi connectivity index (χ2n) is 6.02. The first kappa shape index (κ1) is 17.8. The monoisotopic (exact) mass is 320 g/mol. The lowest BCUT2D eigenvalue weighted by Crippen LogP contribution is -2.29. The van der Waals surface area contributed by atoms with E-state index in [2.05, 4.69) is 30.4 Å². The van der Waals surface area contributed by atoms with Gasteiger partial charge >= 0.3 is 0 Å². The Hall–Kier alpha value is -2.57. The number of benzene rings is 2. The van der Waals surface area contributed by atoms with E-state index in [1.807, 2.05) is 48.5 Å². The molecule has 0 saturated carbocycles. The lowest BCUT2D eigenvalue weighted by atomic mass is 10.0. The molecule has 3 heteroatoms. The molecule has 1 amide bonds. The van der Waals surface area contributed by atoms with Crippen LogP contribution in [0.1, 0.15) is 36.2 Å². The van der Waals surface area contributed by atoms with Crippen LogP contribution < -0.4 is 10.6 Å². The summed E-state index contributed by atoms with van der Waals surface area (Å²) in [6.45, 7) is 5.80. The number of carbonyl (C=O) groups is 1. The normalized spacial score (nSPS) is 10.4. The molecule has 0 unspecified atom stereocenters. The Kier molecular flexibility index (Phi) is 6.60. The highest BCUT2D eigenvalue weighted by Crippen LogP contribution is 2.20. The molecule has 2 aromatic carbocycles. The molecule has 0 spiro atoms. The van der Waals surface area contributed by atoms with Crippen LogP contribution in [0, 0.1) is 12.3 Å². The summed E-state index contributed by atoms with van der Waals surface area (Å²) in [5, 5.41) is 6.28. The molecule has 124 valence electrons. The third-order valence-corrected chi connectivity index (χ3v) is 3.72. The Balaban J connectivity index is 1.89. The average Bonchev–Trinajstić information content (AvgIpc) is 2.61. The summed E-state index contributed by atoms with van der Waals surface area (Å²) in [4.78, 5) is 12.1. The molecule has 3 nitrogen and oxygen atoms in total. The number of hydrogen-bond donors (Lipinski definition) is 2. The van der Waals surface area contributed by atoms with Crippen LogP contribution >= 0.6 is 0 Å². The highest BCUT2D eigenvalue weighted by molar-refractivity contribution is 5.94. The van der Waals surface area contributed by atoms with E-state index in [9.17, 15) is 4.79 Å². The van der Waals surface area contributed by atoms with Gasteiger partial charge in [0.05, 0.1) is 0 Å². The Labute approximate surface area is 144 Å². The van der Waals surface area contributed by atoms with Gasteiger partial charge in [0.2, 0.25) is 0 Å². The van der Waals surface area contributed by atoms with Crippen molar-refractivity contribution in [1.82, 2.24) is 10.6 Å². The van der Waals surface area contributed by atoms with E-state index in [1.54, 1.807) is 0 Å². The molecule has 0 radical (unpaired) electrons. The van der Waals surface area contributed by atoms with Gasteiger partial charge in [-0.25, -0.2) is 0 Å². The van der Waals surface area contributed by atoms with Crippen molar-refractivity contribution in [2.24, 2.45) is 0 Å². The standard InChI is InChI=1S/C21H24N2O/c1-4-17-6-8-18(9-7-17)19-10-12-20(13-11-19)21(24)23-15-5-14-22-16(2)3/h1,6-13,16,22H,5,14-15H2,2-3H3,(H,23,24). The second-order valence-corrected chi connectivity index (χ2v) is 6.02. The maximum atomic E-state index is 12.1. The lowest BCUT2D eigenvalue weighted by molar-refractivity contribution is 0.0953. The number of terminal acetylenes is 1. The summed E-state index contributed by atoms with van der Waals surface area (Å²) < 4.78 is 0. The number of nitrogens with one attached hydrogen (secondary N) is 2. The van der Waals surface area contributed by atoms with Crippen LogP contribution in [-0.2, 0) is 0 Å². The van der Waals surface area contributed by atoms with Crippen molar-refractivity contribution in [3.63, 3.8) is 0 Å². The Morgan fingerprint density at radius 1 is 1.00 bits per heavy atom. The fraction of sp³-hybridized carbons (Fsp3) is 0.286. The maximum absolute atomic E-state index is 12.1. The highest BCUT2D eigenvalue weighted by Gasteiger charge is 2.05. The quantitative estimate of drug-likeness (QED) is 0.606. The lowest BCUT2D eigenvalue weighted by Gasteiger charge is -2.09. The van der Waals surface area contributed by atoms with Gasteiger partial charge in [0.15, 0.2) is 0 Å². The number of amides is 1. The van der Waals surface area contributed by atoms with Crippen LogP contribution in [0.3, 0.4) is 0 Å². The molecule has 0 bridgehead atoms. The molecular weight excluding hydrogens is 296 g/mol. The van der Waals surface area contributed by atoms with E-state index in [-0.39, 0.29) is 5.91 Å². The van der Waals surface area contributed by atoms with Crippen LogP contribution in [0.2, 0.25) is 0 Å². The SMILES string of the molecule is C#Cc1ccc(-c2ccc(C(=O)NCCCNC(C)C)cc2)cc1. The second kappa shape index (κ2) is 8.90. The summed E-state index contributed by atoms with van der Waals surface area (Å²) >= 11 is 0. The molecule has 0 heterocycles. The minimum absolute atomic E-state index is 0.0335. The average molecular weight is 320 g/mol. The smallest absolute Gasteiger partial charge is 0.251 e. The van der Waals surface area contributed by atoms with Crippen molar-refractivity contribution in [2.75, 3.05) is 13.1 Å². The van der Waals surface area contributed by atoms with Gasteiger partial charge in [0.1, 0.15) is 0 Å². The Bertz CT molecular complexity index is 694. The van der Waals surface area contributed by atoms with Gasteiger partial charge in [0, 0.05) is 23.7 Å². The maximum Gasteiger partial charge on any atom is 0.251 e. The van der Waals surface area contributed by atoms with Crippen molar-refractivity contribution in [1.29, 1.82) is 0 Å². The van der Waals surface area contributed by atoms with Crippen LogP contribution in [0.5, 0.6) is 0 Å². The van der Waals surface area contributed by atoms with Gasteiger partial charge in [-0.1, -0.05) is 44.0 Å². The molecule has 0 saturated heterocycles. The summed E-state index contributed by atoms with van der Waals surface area (Å²) in [6, 6.07) is 15.9. The van der Waals surface area contributed by atoms with Crippen LogP contribution in [0.25, 0.3) is 11.1 Å². The first-order chi connectivity index (χ1) is 11.6. The van der Waals surface area contributed by atoms with E-state index in [0.717, 1.165) is 29.7 Å². The number of rotatable bonds is 7. The van der Waals surface area contributed by atoms with Crippen LogP contribution in [-0.4, -0.2) is 25.0 Å². The summed E-state index contributed by atoms with van der Waals surface area (Å²) in [5.41, 5.74) is 3.69. The predicted molar refractivity (Wildman–Crippen MR) is 99.9 cm³/mol. The van der Waals surface area contributed by atoms with Gasteiger partial charge in [-0.05, 0) is 48.4 Å². The Morgan fingerprint density at radius 2 is 1.58 bits per heavy atom. The molecule has 2 N–H and O–H groups in total. The molecule has 24 heavy (non-hydrogen) atoms. The highest BCUT2D eigenvalue weighted by atomic mass is 16.1. The van der Waals surface area contributed by atoms with Crippen molar-refractivity contribution < 1.29 is 4.79 Å². The summed E-state index contributed by atoms with van der Waals surface area (Å²) in [5.74, 6) is 2.57. The third-order valence-electron chi connectivity index (χ3n) is 3.72. The minimum Gasteiger partial charge on any atom is -0.352 e. The van der Waals surface area contributed by atoms with Gasteiger partial charge in [-0.3, -0.25) is 4.79 Å². The van der Waals surface area contributed by atoms with Crippen LogP contribution in [0.15, 0.2) is 48.5 Å². The van der Waals surface area contributed by atoms with E-state index in [4.69, 9.17) is 6.42 Å². The first-order valence-corrected chi connectivity index (χ1v) is 8.29. The molecule has 0 aliphatic carbocycles. The van der Waals surface area contributed by atoms with Crippen molar-refractivity contribution in [3.8, 4) is 23.5 Å². The minimum atomic E-state index is -0.0335. The largest absolute Gasteiger partial charge is 0.352 e. The molecule has 0 aromatic heterocycles. The van der Waals surface area contributed by atoms with Crippen molar-refractivity contribution in [2.45, 2.75) is 26.3 Å². The zero-order chi connectivity index (χ0) is 17.4. The zero-order valence-electron chi connectivity index (χ0n) is 14.3. The molecular formula is C21H24N2O. The molecule has 2 aromatic rings. The van der Waals surface area contributed by atoms with Gasteiger partial charge in [0.25, 0.3) is 5.91 Å². The Morgan fingerprint density at radius 3 is 2.12 bits per heavy atom. The number of hydrogen-bond acceptors (Lipinski definition) is 2. The summed E-state index contributed by atoms with van der Waals surface area (Å²) in [6.07, 6.45) is 6.29. The van der Waals surface area contributed by atoms with E-state index in [1.165, 1.54) is 0 Å². The molecule has 0 fully saturated rings. The predicted octanol–water partition coefficient (Wildman–Crippen LogP) is 3.45. The van der Waals surface area contributed by atoms with Gasteiger partial charge in [-0.15, -0.1) is 6.42 Å². The van der Waals surface area contributed by atoms with Crippen molar-refractivity contribution >= 4 is 5.91 Å². The van der Waals surface area contributed by atoms with E-state index >= 15 is 0 Å². The van der Waals surface area contributed by atoms with Crippen LogP contribution in [0.4, 0.5) is 0 Å². The van der Waals surface area contributed by atoms with E-state index < -0.39 is 0 Å². The van der Waals surface area contributed by atoms with Crippen molar-refractivity contribution in [3.05, 3.63) is 59.7 Å². The topological polar surface area (TPSA) is 41.1 Å². The fourth-order valence-electron chi connectivity index (χ4n) is 2.36. The molecule has 0 atom stereocenters. The third kappa shape index (κ3) is 5.26. The zero-order valence-corrected chi connectivity index (χ0v) is 14.3. The fourth-order valence-corrected chi connectivity index (χ4v) is 2.36. The van der Waals surface area contributed by atoms with Gasteiger partial charge in [-0.2, -0.15) is 0 Å². The molecule has 0 aliphatic heterocycles. The van der Waals surface area contributed by atoms with E-state index in [0.29, 0.717) is 18.2 Å².